The van der Waals surface area contributed by atoms with Crippen LogP contribution in [0.4, 0.5) is 0 Å². The molecule has 1 aliphatic carbocycles. The van der Waals surface area contributed by atoms with Gasteiger partial charge in [0, 0.05) is 18.7 Å². The van der Waals surface area contributed by atoms with Crippen molar-refractivity contribution in [2.45, 2.75) is 40.2 Å². The van der Waals surface area contributed by atoms with Crippen LogP contribution in [0, 0.1) is 37.5 Å². The second-order valence-corrected chi connectivity index (χ2v) is 5.64. The molecule has 19 heavy (non-hydrogen) atoms. The normalized spacial score (nSPS) is 15.9. The van der Waals surface area contributed by atoms with Crippen molar-refractivity contribution in [3.8, 4) is 11.8 Å². The van der Waals surface area contributed by atoms with E-state index >= 15 is 0 Å². The maximum atomic E-state index is 9.07. The molecule has 0 saturated heterocycles. The van der Waals surface area contributed by atoms with Gasteiger partial charge in [0.05, 0.1) is 18.6 Å². The van der Waals surface area contributed by atoms with Crippen LogP contribution in [0.25, 0.3) is 0 Å². The minimum atomic E-state index is -0.0963. The van der Waals surface area contributed by atoms with Gasteiger partial charge in [0.15, 0.2) is 0 Å². The lowest BCUT2D eigenvalue weighted by atomic mass is 9.98. The lowest BCUT2D eigenvalue weighted by Gasteiger charge is -2.17. The van der Waals surface area contributed by atoms with Crippen molar-refractivity contribution in [3.63, 3.8) is 0 Å². The largest absolute Gasteiger partial charge is 0.496 e. The maximum absolute atomic E-state index is 9.07. The molecule has 102 valence electrons. The molecule has 1 aromatic carbocycles. The summed E-state index contributed by atoms with van der Waals surface area (Å²) in [5.74, 6) is 0.979. The zero-order valence-corrected chi connectivity index (χ0v) is 12.3. The Balaban J connectivity index is 2.12. The van der Waals surface area contributed by atoms with Gasteiger partial charge in [-0.25, -0.2) is 0 Å². The number of nitrogens with zero attached hydrogens (tertiary/aromatic N) is 1. The number of ether oxygens (including phenoxy) is 1. The van der Waals surface area contributed by atoms with Crippen molar-refractivity contribution in [2.24, 2.45) is 5.41 Å². The number of rotatable bonds is 5. The number of nitrogens with one attached hydrogen (secondary N) is 1. The van der Waals surface area contributed by atoms with E-state index in [9.17, 15) is 0 Å². The summed E-state index contributed by atoms with van der Waals surface area (Å²) in [4.78, 5) is 0. The fourth-order valence-electron chi connectivity index (χ4n) is 2.51. The molecule has 1 saturated carbocycles. The molecular weight excluding hydrogens is 236 g/mol. The topological polar surface area (TPSA) is 45.0 Å². The number of methoxy groups -OCH3 is 1. The summed E-state index contributed by atoms with van der Waals surface area (Å²) in [7, 11) is 1.72. The second-order valence-electron chi connectivity index (χ2n) is 5.64. The number of aryl methyl sites for hydroxylation is 2. The van der Waals surface area contributed by atoms with Crippen molar-refractivity contribution in [2.75, 3.05) is 13.7 Å². The summed E-state index contributed by atoms with van der Waals surface area (Å²) in [5, 5.41) is 12.5. The van der Waals surface area contributed by atoms with Gasteiger partial charge < -0.3 is 10.1 Å². The Morgan fingerprint density at radius 1 is 1.32 bits per heavy atom. The van der Waals surface area contributed by atoms with Gasteiger partial charge in [-0.15, -0.1) is 0 Å². The van der Waals surface area contributed by atoms with Crippen molar-refractivity contribution in [3.05, 3.63) is 28.3 Å². The van der Waals surface area contributed by atoms with E-state index in [1.165, 1.54) is 22.3 Å². The van der Waals surface area contributed by atoms with Gasteiger partial charge in [-0.05, 0) is 50.3 Å². The van der Waals surface area contributed by atoms with Gasteiger partial charge in [-0.1, -0.05) is 6.07 Å². The molecule has 0 aliphatic heterocycles. The summed E-state index contributed by atoms with van der Waals surface area (Å²) in [6.07, 6.45) is 2.05. The minimum absolute atomic E-state index is 0.0963. The fraction of sp³-hybridized carbons (Fsp3) is 0.562. The average Bonchev–Trinajstić information content (AvgIpc) is 3.16. The first-order valence-electron chi connectivity index (χ1n) is 6.78. The van der Waals surface area contributed by atoms with Crippen LogP contribution in [0.3, 0.4) is 0 Å². The van der Waals surface area contributed by atoms with E-state index in [2.05, 4.69) is 38.2 Å². The smallest absolute Gasteiger partial charge is 0.126 e. The highest BCUT2D eigenvalue weighted by atomic mass is 16.5. The zero-order valence-electron chi connectivity index (χ0n) is 12.3. The van der Waals surface area contributed by atoms with Crippen LogP contribution in [-0.2, 0) is 6.54 Å². The zero-order chi connectivity index (χ0) is 14.0. The van der Waals surface area contributed by atoms with E-state index in [4.69, 9.17) is 10.00 Å². The molecule has 1 N–H and O–H groups in total. The van der Waals surface area contributed by atoms with Crippen LogP contribution < -0.4 is 10.1 Å². The van der Waals surface area contributed by atoms with E-state index in [1.54, 1.807) is 7.11 Å². The molecule has 1 fully saturated rings. The molecule has 1 aromatic rings. The van der Waals surface area contributed by atoms with Crippen molar-refractivity contribution >= 4 is 0 Å². The molecule has 3 nitrogen and oxygen atoms in total. The highest BCUT2D eigenvalue weighted by Crippen LogP contribution is 2.44. The fourth-order valence-corrected chi connectivity index (χ4v) is 2.51. The first kappa shape index (κ1) is 13.9. The van der Waals surface area contributed by atoms with Gasteiger partial charge in [0.25, 0.3) is 0 Å². The summed E-state index contributed by atoms with van der Waals surface area (Å²) < 4.78 is 5.56. The van der Waals surface area contributed by atoms with Crippen LogP contribution in [-0.4, -0.2) is 13.7 Å². The lowest BCUT2D eigenvalue weighted by Crippen LogP contribution is -2.23. The Bertz CT molecular complexity index is 525. The molecule has 0 atom stereocenters. The van der Waals surface area contributed by atoms with Gasteiger partial charge in [0.2, 0.25) is 0 Å². The third-order valence-electron chi connectivity index (χ3n) is 4.18. The van der Waals surface area contributed by atoms with Gasteiger partial charge >= 0.3 is 0 Å². The van der Waals surface area contributed by atoms with Crippen LogP contribution in [0.1, 0.15) is 35.1 Å². The monoisotopic (exact) mass is 258 g/mol. The number of nitriles is 1. The van der Waals surface area contributed by atoms with Crippen molar-refractivity contribution in [1.29, 1.82) is 5.26 Å². The average molecular weight is 258 g/mol. The molecule has 0 aromatic heterocycles. The summed E-state index contributed by atoms with van der Waals surface area (Å²) >= 11 is 0. The highest BCUT2D eigenvalue weighted by Gasteiger charge is 2.42. The molecule has 0 bridgehead atoms. The number of hydrogen-bond donors (Lipinski definition) is 1. The molecule has 0 spiro atoms. The third kappa shape index (κ3) is 2.74. The standard InChI is InChI=1S/C16H22N2O/c1-11-7-12(2)14(15(19-4)13(11)3)8-18-10-16(9-17)5-6-16/h7,18H,5-6,8,10H2,1-4H3. The molecule has 2 rings (SSSR count). The van der Waals surface area contributed by atoms with E-state index in [1.807, 2.05) is 0 Å². The summed E-state index contributed by atoms with van der Waals surface area (Å²) in [5.41, 5.74) is 4.81. The Kier molecular flexibility index (Phi) is 3.82. The first-order chi connectivity index (χ1) is 9.03. The molecule has 0 heterocycles. The predicted molar refractivity (Wildman–Crippen MR) is 76.2 cm³/mol. The van der Waals surface area contributed by atoms with E-state index in [0.717, 1.165) is 31.7 Å². The Hall–Kier alpha value is -1.53. The minimum Gasteiger partial charge on any atom is -0.496 e. The van der Waals surface area contributed by atoms with E-state index < -0.39 is 0 Å². The molecule has 3 heteroatoms. The van der Waals surface area contributed by atoms with Crippen molar-refractivity contribution in [1.82, 2.24) is 5.32 Å². The predicted octanol–water partition coefficient (Wildman–Crippen LogP) is 3.01. The van der Waals surface area contributed by atoms with Gasteiger partial charge in [-0.3, -0.25) is 0 Å². The lowest BCUT2D eigenvalue weighted by molar-refractivity contribution is 0.402. The Morgan fingerprint density at radius 2 is 2.00 bits per heavy atom. The quantitative estimate of drug-likeness (QED) is 0.883. The van der Waals surface area contributed by atoms with Gasteiger partial charge in [-0.2, -0.15) is 5.26 Å². The summed E-state index contributed by atoms with van der Waals surface area (Å²) in [6, 6.07) is 4.61. The third-order valence-corrected chi connectivity index (χ3v) is 4.18. The molecule has 0 unspecified atom stereocenters. The van der Waals surface area contributed by atoms with Gasteiger partial charge in [0.1, 0.15) is 5.75 Å². The molecule has 1 aliphatic rings. The Morgan fingerprint density at radius 3 is 2.53 bits per heavy atom. The van der Waals surface area contributed by atoms with Crippen molar-refractivity contribution < 1.29 is 4.74 Å². The second kappa shape index (κ2) is 5.22. The van der Waals surface area contributed by atoms with Crippen LogP contribution in [0.15, 0.2) is 6.07 Å². The van der Waals surface area contributed by atoms with Crippen LogP contribution >= 0.6 is 0 Å². The Labute approximate surface area is 115 Å². The number of hydrogen-bond acceptors (Lipinski definition) is 3. The highest BCUT2D eigenvalue weighted by molar-refractivity contribution is 5.49. The molecular formula is C16H22N2O. The molecule has 0 amide bonds. The van der Waals surface area contributed by atoms with Crippen LogP contribution in [0.2, 0.25) is 0 Å². The SMILES string of the molecule is COc1c(C)c(C)cc(C)c1CNCC1(C#N)CC1. The summed E-state index contributed by atoms with van der Waals surface area (Å²) in [6.45, 7) is 7.85. The van der Waals surface area contributed by atoms with E-state index in [0.29, 0.717) is 0 Å². The van der Waals surface area contributed by atoms with E-state index in [-0.39, 0.29) is 5.41 Å². The number of benzene rings is 1. The maximum Gasteiger partial charge on any atom is 0.126 e. The van der Waals surface area contributed by atoms with Crippen LogP contribution in [0.5, 0.6) is 5.75 Å². The first-order valence-corrected chi connectivity index (χ1v) is 6.78. The molecule has 0 radical (unpaired) electrons.